The number of likely N-dealkylation sites (tertiary alicyclic amines) is 1. The van der Waals surface area contributed by atoms with Crippen molar-refractivity contribution in [1.29, 1.82) is 0 Å². The van der Waals surface area contributed by atoms with Crippen molar-refractivity contribution in [2.45, 2.75) is 129 Å². The Morgan fingerprint density at radius 1 is 1.04 bits per heavy atom. The number of ether oxygens (including phenoxy) is 2. The molecule has 4 amide bonds. The minimum Gasteiger partial charge on any atom is -0.508 e. The van der Waals surface area contributed by atoms with Crippen LogP contribution in [0.3, 0.4) is 0 Å². The van der Waals surface area contributed by atoms with Crippen LogP contribution in [0.25, 0.3) is 33.3 Å². The van der Waals surface area contributed by atoms with E-state index in [-0.39, 0.29) is 55.2 Å². The van der Waals surface area contributed by atoms with Crippen molar-refractivity contribution in [2.75, 3.05) is 40.4 Å². The lowest BCUT2D eigenvalue weighted by molar-refractivity contribution is -0.156. The van der Waals surface area contributed by atoms with Crippen molar-refractivity contribution in [1.82, 2.24) is 40.4 Å². The number of methoxy groups -OCH3 is 1. The van der Waals surface area contributed by atoms with Gasteiger partial charge in [-0.15, -0.1) is 0 Å². The molecule has 4 aliphatic heterocycles. The number of hydrogen-bond acceptors (Lipinski definition) is 11. The van der Waals surface area contributed by atoms with Gasteiger partial charge in [0.2, 0.25) is 17.7 Å². The quantitative estimate of drug-likeness (QED) is 0.119. The Hall–Kier alpha value is -5.84. The number of aromatic nitrogens is 2. The SMILES string of the molecule is CCn1c(-c2cccnc2[C@H](C)OC)c2c3cc(ccc31)-c1cc(O)cc(c1)C[C@H](NC(=O)C(C(C)C)N(C)C(=O)[C@@]1(C)CCCN1C(=O)[C@@H]1CN1)C(=O)N1CCC[C@H](N1)C(=O)OCC(C)(C)C2. The second-order valence-corrected chi connectivity index (χ2v) is 20.5. The average molecular weight is 933 g/mol. The maximum atomic E-state index is 14.8. The lowest BCUT2D eigenvalue weighted by atomic mass is 9.84. The van der Waals surface area contributed by atoms with Crippen LogP contribution in [0.15, 0.2) is 54.7 Å². The molecule has 3 saturated heterocycles. The van der Waals surface area contributed by atoms with E-state index < -0.39 is 46.9 Å². The number of phenolic OH excluding ortho intramolecular Hbond substituents is 1. The molecule has 2 aromatic heterocycles. The number of aryl methyl sites for hydroxylation is 1. The molecule has 6 atom stereocenters. The summed E-state index contributed by atoms with van der Waals surface area (Å²) in [6, 6.07) is 12.2. The normalized spacial score (nSPS) is 23.8. The molecule has 4 N–H and O–H groups in total. The molecule has 364 valence electrons. The van der Waals surface area contributed by atoms with Crippen LogP contribution in [0.5, 0.6) is 5.75 Å². The van der Waals surface area contributed by atoms with Crippen molar-refractivity contribution in [3.05, 3.63) is 71.5 Å². The predicted molar refractivity (Wildman–Crippen MR) is 258 cm³/mol. The van der Waals surface area contributed by atoms with Gasteiger partial charge in [-0.25, -0.2) is 5.43 Å². The number of amides is 4. The number of hydrazine groups is 1. The van der Waals surface area contributed by atoms with Crippen molar-refractivity contribution in [3.63, 3.8) is 0 Å². The molecular weight excluding hydrogens is 865 g/mol. The first-order chi connectivity index (χ1) is 32.3. The van der Waals surface area contributed by atoms with E-state index >= 15 is 0 Å². The number of benzene rings is 2. The minimum atomic E-state index is -1.18. The number of nitrogens with zero attached hydrogens (tertiary/aromatic N) is 5. The summed E-state index contributed by atoms with van der Waals surface area (Å²) in [4.78, 5) is 79.2. The van der Waals surface area contributed by atoms with E-state index in [1.54, 1.807) is 44.3 Å². The molecule has 2 aromatic carbocycles. The van der Waals surface area contributed by atoms with Crippen LogP contribution in [0.1, 0.15) is 97.1 Å². The molecule has 68 heavy (non-hydrogen) atoms. The first kappa shape index (κ1) is 48.6. The minimum absolute atomic E-state index is 0.0131. The number of aromatic hydroxyl groups is 1. The number of carbonyl (C=O) groups excluding carboxylic acids is 5. The van der Waals surface area contributed by atoms with E-state index in [9.17, 15) is 29.1 Å². The number of pyridine rings is 1. The molecule has 16 heteroatoms. The van der Waals surface area contributed by atoms with Gasteiger partial charge in [-0.3, -0.25) is 34.0 Å². The van der Waals surface area contributed by atoms with Gasteiger partial charge in [0.15, 0.2) is 0 Å². The molecule has 6 bridgehead atoms. The largest absolute Gasteiger partial charge is 0.508 e. The molecule has 0 spiro atoms. The molecular formula is C52H68N8O8. The van der Waals surface area contributed by atoms with E-state index in [0.29, 0.717) is 62.9 Å². The monoisotopic (exact) mass is 933 g/mol. The molecule has 0 radical (unpaired) electrons. The Morgan fingerprint density at radius 2 is 1.81 bits per heavy atom. The van der Waals surface area contributed by atoms with Crippen LogP contribution in [0, 0.1) is 11.3 Å². The van der Waals surface area contributed by atoms with E-state index in [4.69, 9.17) is 14.5 Å². The molecule has 1 unspecified atom stereocenters. The van der Waals surface area contributed by atoms with Gasteiger partial charge in [0.05, 0.1) is 30.1 Å². The zero-order chi connectivity index (χ0) is 48.8. The third-order valence-corrected chi connectivity index (χ3v) is 14.4. The van der Waals surface area contributed by atoms with Crippen molar-refractivity contribution in [3.8, 4) is 28.1 Å². The zero-order valence-electron chi connectivity index (χ0n) is 41.0. The highest BCUT2D eigenvalue weighted by Gasteiger charge is 2.51. The number of phenols is 1. The topological polar surface area (TPSA) is 198 Å². The van der Waals surface area contributed by atoms with Crippen molar-refractivity contribution < 1.29 is 38.6 Å². The summed E-state index contributed by atoms with van der Waals surface area (Å²) >= 11 is 0. The number of likely N-dealkylation sites (N-methyl/N-ethyl adjacent to an activating group) is 1. The standard InChI is InChI=1S/C52H68N8O8/c1-10-58-42-17-16-33-26-37(42)38(45(58)36-14-11-19-53-43(36)31(4)67-9)27-51(5,6)29-68-49(65)39-15-12-21-60(56-39)48(64)40(24-32-22-34(33)25-35(61)23-32)55-46(62)44(30(2)3)57(8)50(66)52(7)18-13-20-59(52)47(63)41-28-54-41/h11,14,16-17,19,22-23,25-26,30-31,39-41,44,54,56,61H,10,12-13,15,18,20-21,24,27-29H2,1-9H3,(H,55,62)/t31-,39-,40-,41-,44?,52+/m0/s1. The first-order valence-electron chi connectivity index (χ1n) is 24.2. The average Bonchev–Trinajstić information content (AvgIpc) is 4.03. The van der Waals surface area contributed by atoms with E-state index in [1.165, 1.54) is 9.91 Å². The lowest BCUT2D eigenvalue weighted by Gasteiger charge is -2.41. The molecule has 4 aliphatic rings. The van der Waals surface area contributed by atoms with Crippen molar-refractivity contribution >= 4 is 40.5 Å². The van der Waals surface area contributed by atoms with E-state index in [0.717, 1.165) is 39.0 Å². The molecule has 0 aliphatic carbocycles. The second kappa shape index (κ2) is 19.3. The number of nitrogens with one attached hydrogen (secondary N) is 3. The van der Waals surface area contributed by atoms with Gasteiger partial charge in [0.25, 0.3) is 5.91 Å². The lowest BCUT2D eigenvalue weighted by Crippen LogP contribution is -2.64. The van der Waals surface area contributed by atoms with Gasteiger partial charge in [-0.2, -0.15) is 0 Å². The van der Waals surface area contributed by atoms with Gasteiger partial charge in [0.1, 0.15) is 29.4 Å². The van der Waals surface area contributed by atoms with E-state index in [1.807, 2.05) is 39.0 Å². The third kappa shape index (κ3) is 9.46. The maximum absolute atomic E-state index is 14.8. The zero-order valence-corrected chi connectivity index (χ0v) is 41.0. The highest BCUT2D eigenvalue weighted by Crippen LogP contribution is 2.42. The summed E-state index contributed by atoms with van der Waals surface area (Å²) in [5, 5.41) is 19.8. The summed E-state index contributed by atoms with van der Waals surface area (Å²) in [7, 11) is 3.26. The summed E-state index contributed by atoms with van der Waals surface area (Å²) in [5.74, 6) is -2.36. The van der Waals surface area contributed by atoms with Crippen LogP contribution < -0.4 is 16.1 Å². The van der Waals surface area contributed by atoms with Crippen molar-refractivity contribution in [2.24, 2.45) is 11.3 Å². The fourth-order valence-corrected chi connectivity index (χ4v) is 10.7. The van der Waals surface area contributed by atoms with Crippen LogP contribution in [-0.2, 0) is 52.8 Å². The Kier molecular flexibility index (Phi) is 13.8. The summed E-state index contributed by atoms with van der Waals surface area (Å²) in [6.45, 7) is 15.8. The van der Waals surface area contributed by atoms with Gasteiger partial charge < -0.3 is 39.6 Å². The molecule has 3 fully saturated rings. The number of carbonyl (C=O) groups is 5. The Balaban J connectivity index is 1.20. The Labute approximate surface area is 399 Å². The van der Waals surface area contributed by atoms with Crippen LogP contribution in [0.4, 0.5) is 0 Å². The van der Waals surface area contributed by atoms with Gasteiger partial charge in [0, 0.05) is 74.8 Å². The first-order valence-corrected chi connectivity index (χ1v) is 24.2. The summed E-state index contributed by atoms with van der Waals surface area (Å²) in [6.07, 6.45) is 4.07. The highest BCUT2D eigenvalue weighted by atomic mass is 16.5. The smallest absolute Gasteiger partial charge is 0.324 e. The van der Waals surface area contributed by atoms with Gasteiger partial charge in [-0.05, 0) is 117 Å². The fourth-order valence-electron chi connectivity index (χ4n) is 10.7. The molecule has 8 rings (SSSR count). The van der Waals surface area contributed by atoms with E-state index in [2.05, 4.69) is 59.6 Å². The van der Waals surface area contributed by atoms with Crippen LogP contribution in [0.2, 0.25) is 0 Å². The number of hydrogen-bond donors (Lipinski definition) is 4. The van der Waals surface area contributed by atoms with Crippen LogP contribution in [-0.4, -0.2) is 129 Å². The molecule has 16 nitrogen and oxygen atoms in total. The molecule has 0 saturated carbocycles. The molecule has 4 aromatic rings. The number of esters is 1. The van der Waals surface area contributed by atoms with Gasteiger partial charge >= 0.3 is 5.97 Å². The number of rotatable bonds is 10. The summed E-state index contributed by atoms with van der Waals surface area (Å²) in [5.41, 5.74) is 8.40. The molecule has 6 heterocycles. The van der Waals surface area contributed by atoms with Crippen LogP contribution >= 0.6 is 0 Å². The van der Waals surface area contributed by atoms with Gasteiger partial charge in [-0.1, -0.05) is 39.8 Å². The highest BCUT2D eigenvalue weighted by molar-refractivity contribution is 5.98. The second-order valence-electron chi connectivity index (χ2n) is 20.5. The Bertz CT molecular complexity index is 2600. The third-order valence-electron chi connectivity index (χ3n) is 14.4. The predicted octanol–water partition coefficient (Wildman–Crippen LogP) is 5.29. The Morgan fingerprint density at radius 3 is 2.51 bits per heavy atom. The number of fused-ring (bicyclic) bond motifs is 6. The number of cyclic esters (lactones) is 1. The fraction of sp³-hybridized carbons (Fsp3) is 0.538. The maximum Gasteiger partial charge on any atom is 0.324 e. The summed E-state index contributed by atoms with van der Waals surface area (Å²) < 4.78 is 14.2.